The van der Waals surface area contributed by atoms with Crippen LogP contribution in [0.2, 0.25) is 0 Å². The highest BCUT2D eigenvalue weighted by atomic mass is 16.1. The van der Waals surface area contributed by atoms with Crippen molar-refractivity contribution in [3.05, 3.63) is 41.6 Å². The van der Waals surface area contributed by atoms with Crippen LogP contribution in [-0.2, 0) is 4.79 Å². The Morgan fingerprint density at radius 2 is 2.36 bits per heavy atom. The predicted octanol–water partition coefficient (Wildman–Crippen LogP) is 1.99. The summed E-state index contributed by atoms with van der Waals surface area (Å²) in [5, 5.41) is 11.5. The normalized spacial score (nSPS) is 8.86. The van der Waals surface area contributed by atoms with Gasteiger partial charge >= 0.3 is 0 Å². The molecule has 1 aromatic rings. The van der Waals surface area contributed by atoms with Crippen LogP contribution in [0.1, 0.15) is 11.1 Å². The lowest BCUT2D eigenvalue weighted by atomic mass is 10.1. The Morgan fingerprint density at radius 1 is 1.64 bits per heavy atom. The zero-order chi connectivity index (χ0) is 10.6. The minimum Gasteiger partial charge on any atom is -0.353 e. The second-order valence-electron chi connectivity index (χ2n) is 2.91. The summed E-state index contributed by atoms with van der Waals surface area (Å²) >= 11 is 0. The van der Waals surface area contributed by atoms with Crippen LogP contribution in [0.4, 0.5) is 5.69 Å². The van der Waals surface area contributed by atoms with E-state index in [1.54, 1.807) is 12.1 Å². The minimum absolute atomic E-state index is 0.276. The first kappa shape index (κ1) is 10.0. The van der Waals surface area contributed by atoms with E-state index >= 15 is 0 Å². The van der Waals surface area contributed by atoms with Gasteiger partial charge in [-0.25, -0.2) is 0 Å². The molecule has 0 saturated heterocycles. The van der Waals surface area contributed by atoms with E-state index < -0.39 is 0 Å². The molecule has 14 heavy (non-hydrogen) atoms. The monoisotopic (exact) mass is 186 g/mol. The maximum atomic E-state index is 10.3. The number of nitrogens with one attached hydrogen (secondary N) is 1. The lowest BCUT2D eigenvalue weighted by Crippen LogP contribution is -1.99. The van der Waals surface area contributed by atoms with Crippen LogP contribution in [-0.4, -0.2) is 6.29 Å². The zero-order valence-electron chi connectivity index (χ0n) is 7.87. The van der Waals surface area contributed by atoms with Crippen molar-refractivity contribution in [1.82, 2.24) is 0 Å². The summed E-state index contributed by atoms with van der Waals surface area (Å²) in [6.45, 7) is 5.34. The molecule has 3 nitrogen and oxygen atoms in total. The van der Waals surface area contributed by atoms with Crippen molar-refractivity contribution in [1.29, 1.82) is 5.26 Å². The van der Waals surface area contributed by atoms with E-state index in [0.29, 0.717) is 17.5 Å². The molecular weight excluding hydrogens is 176 g/mol. The van der Waals surface area contributed by atoms with Gasteiger partial charge in [0.1, 0.15) is 0 Å². The number of hydrogen-bond donors (Lipinski definition) is 1. The Labute approximate surface area is 82.7 Å². The Morgan fingerprint density at radius 3 is 2.93 bits per heavy atom. The molecule has 0 fully saturated rings. The smallest absolute Gasteiger partial charge is 0.165 e. The molecule has 0 aromatic heterocycles. The quantitative estimate of drug-likeness (QED) is 0.580. The maximum Gasteiger partial charge on any atom is 0.165 e. The average molecular weight is 186 g/mol. The van der Waals surface area contributed by atoms with Crippen LogP contribution < -0.4 is 5.32 Å². The third-order valence-corrected chi connectivity index (χ3v) is 1.81. The highest BCUT2D eigenvalue weighted by Gasteiger charge is 1.99. The molecule has 0 aliphatic rings. The summed E-state index contributed by atoms with van der Waals surface area (Å²) in [6.07, 6.45) is 0.631. The van der Waals surface area contributed by atoms with Crippen LogP contribution in [0.3, 0.4) is 0 Å². The maximum absolute atomic E-state index is 10.3. The molecule has 0 aliphatic heterocycles. The number of allylic oxidation sites excluding steroid dienone is 1. The van der Waals surface area contributed by atoms with E-state index in [4.69, 9.17) is 5.26 Å². The molecule has 70 valence electrons. The summed E-state index contributed by atoms with van der Waals surface area (Å²) in [5.41, 5.74) is 2.48. The van der Waals surface area contributed by atoms with Gasteiger partial charge in [0.05, 0.1) is 17.3 Å². The van der Waals surface area contributed by atoms with E-state index in [1.165, 1.54) is 0 Å². The molecule has 0 amide bonds. The summed E-state index contributed by atoms with van der Waals surface area (Å²) in [5.74, 6) is 0. The van der Waals surface area contributed by atoms with Gasteiger partial charge in [-0.3, -0.25) is 4.79 Å². The molecule has 0 unspecified atom stereocenters. The molecule has 3 heteroatoms. The number of aryl methyl sites for hydroxylation is 1. The number of benzene rings is 1. The van der Waals surface area contributed by atoms with Gasteiger partial charge in [0.2, 0.25) is 0 Å². The van der Waals surface area contributed by atoms with Crippen molar-refractivity contribution in [3.8, 4) is 6.07 Å². The summed E-state index contributed by atoms with van der Waals surface area (Å²) in [7, 11) is 0. The largest absolute Gasteiger partial charge is 0.353 e. The fourth-order valence-corrected chi connectivity index (χ4v) is 1.04. The van der Waals surface area contributed by atoms with Gasteiger partial charge in [-0.15, -0.1) is 0 Å². The van der Waals surface area contributed by atoms with Crippen LogP contribution in [0.5, 0.6) is 0 Å². The Balaban J connectivity index is 2.96. The zero-order valence-corrected chi connectivity index (χ0v) is 7.87. The lowest BCUT2D eigenvalue weighted by molar-refractivity contribution is -0.104. The van der Waals surface area contributed by atoms with Crippen LogP contribution >= 0.6 is 0 Å². The molecule has 0 aliphatic carbocycles. The van der Waals surface area contributed by atoms with Crippen molar-refractivity contribution >= 4 is 12.0 Å². The first-order valence-electron chi connectivity index (χ1n) is 4.09. The predicted molar refractivity (Wildman–Crippen MR) is 54.7 cm³/mol. The highest BCUT2D eigenvalue weighted by molar-refractivity contribution is 5.78. The number of hydrogen-bond acceptors (Lipinski definition) is 3. The number of carbonyl (C=O) groups is 1. The van der Waals surface area contributed by atoms with E-state index in [-0.39, 0.29) is 5.70 Å². The van der Waals surface area contributed by atoms with Gasteiger partial charge < -0.3 is 5.32 Å². The van der Waals surface area contributed by atoms with E-state index in [9.17, 15) is 4.79 Å². The second kappa shape index (κ2) is 4.24. The van der Waals surface area contributed by atoms with Crippen LogP contribution in [0.25, 0.3) is 0 Å². The van der Waals surface area contributed by atoms with Crippen molar-refractivity contribution < 1.29 is 4.79 Å². The molecular formula is C11H10N2O. The lowest BCUT2D eigenvalue weighted by Gasteiger charge is -2.05. The number of nitriles is 1. The number of aldehydes is 1. The van der Waals surface area contributed by atoms with Gasteiger partial charge in [0, 0.05) is 5.69 Å². The highest BCUT2D eigenvalue weighted by Crippen LogP contribution is 2.15. The third kappa shape index (κ3) is 2.20. The Kier molecular flexibility index (Phi) is 3.03. The SMILES string of the molecule is C=C(C=O)Nc1ccc(C)c(C#N)c1. The molecule has 1 aromatic carbocycles. The Bertz CT molecular complexity index is 416. The van der Waals surface area contributed by atoms with Crippen LogP contribution in [0, 0.1) is 18.3 Å². The number of rotatable bonds is 3. The number of nitrogens with zero attached hydrogens (tertiary/aromatic N) is 1. The molecule has 0 atom stereocenters. The molecule has 0 heterocycles. The minimum atomic E-state index is 0.276. The standard InChI is InChI=1S/C11H10N2O/c1-8-3-4-11(5-10(8)6-12)13-9(2)7-14/h3-5,7,13H,2H2,1H3. The van der Waals surface area contributed by atoms with Gasteiger partial charge in [-0.1, -0.05) is 12.6 Å². The molecule has 0 radical (unpaired) electrons. The summed E-state index contributed by atoms with van der Waals surface area (Å²) in [6, 6.07) is 7.37. The average Bonchev–Trinajstić information content (AvgIpc) is 2.20. The molecule has 0 spiro atoms. The topological polar surface area (TPSA) is 52.9 Å². The first-order chi connectivity index (χ1) is 6.67. The Hall–Kier alpha value is -2.08. The second-order valence-corrected chi connectivity index (χ2v) is 2.91. The van der Waals surface area contributed by atoms with Crippen molar-refractivity contribution in [2.24, 2.45) is 0 Å². The van der Waals surface area contributed by atoms with Crippen molar-refractivity contribution in [2.75, 3.05) is 5.32 Å². The molecule has 0 saturated carbocycles. The van der Waals surface area contributed by atoms with Gasteiger partial charge in [0.25, 0.3) is 0 Å². The molecule has 1 rings (SSSR count). The fraction of sp³-hybridized carbons (Fsp3) is 0.0909. The van der Waals surface area contributed by atoms with Gasteiger partial charge in [-0.05, 0) is 24.6 Å². The van der Waals surface area contributed by atoms with E-state index in [1.807, 2.05) is 13.0 Å². The van der Waals surface area contributed by atoms with Gasteiger partial charge in [0.15, 0.2) is 6.29 Å². The number of anilines is 1. The van der Waals surface area contributed by atoms with Crippen LogP contribution in [0.15, 0.2) is 30.5 Å². The van der Waals surface area contributed by atoms with Crippen molar-refractivity contribution in [2.45, 2.75) is 6.92 Å². The fourth-order valence-electron chi connectivity index (χ4n) is 1.04. The molecule has 1 N–H and O–H groups in total. The molecule has 0 bridgehead atoms. The number of carbonyl (C=O) groups excluding carboxylic acids is 1. The van der Waals surface area contributed by atoms with Gasteiger partial charge in [-0.2, -0.15) is 5.26 Å². The summed E-state index contributed by atoms with van der Waals surface area (Å²) < 4.78 is 0. The third-order valence-electron chi connectivity index (χ3n) is 1.81. The van der Waals surface area contributed by atoms with E-state index in [2.05, 4.69) is 18.0 Å². The first-order valence-corrected chi connectivity index (χ1v) is 4.09. The van der Waals surface area contributed by atoms with E-state index in [0.717, 1.165) is 5.56 Å². The summed E-state index contributed by atoms with van der Waals surface area (Å²) in [4.78, 5) is 10.3. The van der Waals surface area contributed by atoms with Crippen molar-refractivity contribution in [3.63, 3.8) is 0 Å².